The number of rotatable bonds is 25. The monoisotopic (exact) mass is 1030 g/mol. The highest BCUT2D eigenvalue weighted by Crippen LogP contribution is 2.66. The van der Waals surface area contributed by atoms with Crippen LogP contribution in [0.3, 0.4) is 0 Å². The molecule has 5 heteroatoms. The van der Waals surface area contributed by atoms with E-state index in [0.29, 0.717) is 23.2 Å². The van der Waals surface area contributed by atoms with Crippen LogP contribution in [-0.2, 0) is 16.0 Å². The van der Waals surface area contributed by atoms with Crippen LogP contribution in [0, 0.1) is 67.1 Å². The summed E-state index contributed by atoms with van der Waals surface area (Å²) in [6.45, 7) is 46.3. The maximum Gasteiger partial charge on any atom is 0.311 e. The molecule has 1 aromatic rings. The molecule has 3 saturated carbocycles. The molecule has 0 radical (unpaired) electrons. The highest BCUT2D eigenvalue weighted by atomic mass is 16.5. The third-order valence-electron chi connectivity index (χ3n) is 19.9. The van der Waals surface area contributed by atoms with Crippen molar-refractivity contribution in [3.05, 3.63) is 92.8 Å². The van der Waals surface area contributed by atoms with Crippen LogP contribution in [0.25, 0.3) is 0 Å². The van der Waals surface area contributed by atoms with Crippen LogP contribution in [0.15, 0.2) is 70.6 Å². The fourth-order valence-electron chi connectivity index (χ4n) is 13.9. The maximum atomic E-state index is 13.2. The van der Waals surface area contributed by atoms with Gasteiger partial charge in [-0.25, -0.2) is 0 Å². The summed E-state index contributed by atoms with van der Waals surface area (Å²) in [4.78, 5) is 15.8. The van der Waals surface area contributed by atoms with Gasteiger partial charge >= 0.3 is 5.97 Å². The second-order valence-electron chi connectivity index (χ2n) is 26.7. The third-order valence-corrected chi connectivity index (χ3v) is 19.9. The minimum Gasteiger partial charge on any atom is -0.495 e. The van der Waals surface area contributed by atoms with Gasteiger partial charge in [-0.2, -0.15) is 0 Å². The molecule has 1 aliphatic heterocycles. The summed E-state index contributed by atoms with van der Waals surface area (Å²) in [7, 11) is 0. The molecule has 0 spiro atoms. The number of hydrogen-bond acceptors (Lipinski definition) is 5. The lowest BCUT2D eigenvalue weighted by molar-refractivity contribution is -0.134. The van der Waals surface area contributed by atoms with Crippen molar-refractivity contribution in [2.24, 2.45) is 46.3 Å². The Kier molecular flexibility index (Phi) is 23.8. The minimum absolute atomic E-state index is 0.124. The van der Waals surface area contributed by atoms with Crippen molar-refractivity contribution in [3.63, 3.8) is 0 Å². The molecule has 1 heterocycles. The predicted molar refractivity (Wildman–Crippen MR) is 322 cm³/mol. The lowest BCUT2D eigenvalue weighted by Gasteiger charge is -2.55. The molecule has 4 aliphatic carbocycles. The Morgan fingerprint density at radius 2 is 1.41 bits per heavy atom. The van der Waals surface area contributed by atoms with Crippen molar-refractivity contribution < 1.29 is 19.0 Å². The first-order valence-electron chi connectivity index (χ1n) is 30.9. The quantitative estimate of drug-likeness (QED) is 0.0321. The first kappa shape index (κ1) is 62.5. The van der Waals surface area contributed by atoms with Crippen molar-refractivity contribution in [3.8, 4) is 11.5 Å². The van der Waals surface area contributed by atoms with Crippen LogP contribution in [0.1, 0.15) is 248 Å². The summed E-state index contributed by atoms with van der Waals surface area (Å²) < 4.78 is 19.6. The number of ether oxygens (including phenoxy) is 3. The Balaban J connectivity index is 0.00000163. The number of carbonyl (C=O) groups is 1. The number of fused-ring (bicyclic) bond motifs is 6. The highest BCUT2D eigenvalue weighted by molar-refractivity contribution is 5.74. The molecule has 6 rings (SSSR count). The van der Waals surface area contributed by atoms with Gasteiger partial charge in [0.1, 0.15) is 23.2 Å². The third kappa shape index (κ3) is 16.9. The topological polar surface area (TPSA) is 48.0 Å². The second kappa shape index (κ2) is 28.5. The van der Waals surface area contributed by atoms with E-state index in [1.807, 2.05) is 0 Å². The number of hydrogen-bond donors (Lipinski definition) is 0. The van der Waals surface area contributed by atoms with Gasteiger partial charge in [-0.1, -0.05) is 140 Å². The van der Waals surface area contributed by atoms with Gasteiger partial charge in [0.2, 0.25) is 0 Å². The molecule has 75 heavy (non-hydrogen) atoms. The summed E-state index contributed by atoms with van der Waals surface area (Å²) in [6, 6.07) is 0. The first-order chi connectivity index (χ1) is 35.4. The van der Waals surface area contributed by atoms with Crippen LogP contribution in [0.2, 0.25) is 0 Å². The molecule has 0 amide bonds. The molecular weight excluding hydrogens is 919 g/mol. The molecule has 0 N–H and O–H groups in total. The van der Waals surface area contributed by atoms with Crippen LogP contribution in [0.4, 0.5) is 0 Å². The molecule has 5 aliphatic rings. The van der Waals surface area contributed by atoms with Gasteiger partial charge in [0.15, 0.2) is 0 Å². The summed E-state index contributed by atoms with van der Waals surface area (Å²) in [5.41, 5.74) is 12.7. The minimum atomic E-state index is -0.205. The molecule has 5 nitrogen and oxygen atoms in total. The van der Waals surface area contributed by atoms with Gasteiger partial charge in [0, 0.05) is 31.4 Å². The summed E-state index contributed by atoms with van der Waals surface area (Å²) in [5, 5.41) is 0. The standard InChI is InChI=1S/C64H99NO4.C6H14/c1-15-65(42-36-48(8)67-53-33-39-63(13)52(43-53)29-30-55-57-32-31-56(45(4)5)64(57,14)40-35-58(55)63)41-19-17-16-18-28-59(66)68-60-49(9)50(10)61-54(51(60)11)34-38-62(12,69-61)37-22-27-47(7)26-21-25-46(6)24-20-23-44(2)3;1-5(2)6(3)4/h23,25,27,29-30,45,53,56-58H,8,15-22,24,26,28,31-43H2,1-7,9-14H3;5-6H,1-4H3/b46-25+,47-27+;. The lowest BCUT2D eigenvalue weighted by Crippen LogP contribution is -2.46. The van der Waals surface area contributed by atoms with E-state index >= 15 is 0 Å². The molecule has 7 atom stereocenters. The van der Waals surface area contributed by atoms with Crippen LogP contribution in [-0.4, -0.2) is 42.2 Å². The van der Waals surface area contributed by atoms with E-state index in [-0.39, 0.29) is 17.7 Å². The SMILES string of the molecule is C=C(CCN(CC)CCCCCCC(=O)Oc1c(C)c(C)c2c(c1C)CCC(C)(CC/C=C(\C)CC/C=C(\C)CCC=C(C)C)O2)OC1CCC2(C)C(=CC=C3C2CCC2(C)C3CCC2C(C)C)C1.CC(C)C(C)C. The van der Waals surface area contributed by atoms with Crippen molar-refractivity contribution in [2.75, 3.05) is 19.6 Å². The lowest BCUT2D eigenvalue weighted by atomic mass is 9.50. The predicted octanol–water partition coefficient (Wildman–Crippen LogP) is 19.8. The first-order valence-corrected chi connectivity index (χ1v) is 30.9. The Bertz CT molecular complexity index is 2200. The normalized spacial score (nSPS) is 26.4. The van der Waals surface area contributed by atoms with Gasteiger partial charge in [-0.05, 0) is 234 Å². The van der Waals surface area contributed by atoms with Gasteiger partial charge in [-0.3, -0.25) is 4.79 Å². The van der Waals surface area contributed by atoms with Crippen LogP contribution in [0.5, 0.6) is 11.5 Å². The van der Waals surface area contributed by atoms with E-state index in [1.54, 1.807) is 11.1 Å². The molecular formula is C70H113NO4. The van der Waals surface area contributed by atoms with E-state index in [2.05, 4.69) is 160 Å². The van der Waals surface area contributed by atoms with E-state index in [4.69, 9.17) is 14.2 Å². The van der Waals surface area contributed by atoms with Crippen LogP contribution < -0.4 is 9.47 Å². The zero-order valence-corrected chi connectivity index (χ0v) is 51.7. The smallest absolute Gasteiger partial charge is 0.311 e. The van der Waals surface area contributed by atoms with Crippen molar-refractivity contribution in [1.82, 2.24) is 4.90 Å². The number of allylic oxidation sites excluding steroid dienone is 9. The zero-order valence-electron chi connectivity index (χ0n) is 51.7. The molecule has 0 saturated heterocycles. The van der Waals surface area contributed by atoms with Crippen LogP contribution >= 0.6 is 0 Å². The Labute approximate surface area is 462 Å². The average Bonchev–Trinajstić information content (AvgIpc) is 3.72. The fourth-order valence-corrected chi connectivity index (χ4v) is 13.9. The van der Waals surface area contributed by atoms with Gasteiger partial charge in [0.25, 0.3) is 0 Å². The van der Waals surface area contributed by atoms with Crippen molar-refractivity contribution in [1.29, 1.82) is 0 Å². The van der Waals surface area contributed by atoms with E-state index in [0.717, 1.165) is 179 Å². The number of unbranched alkanes of at least 4 members (excludes halogenated alkanes) is 3. The zero-order chi connectivity index (χ0) is 55.3. The Morgan fingerprint density at radius 3 is 2.07 bits per heavy atom. The number of nitrogens with zero attached hydrogens (tertiary/aromatic N) is 1. The summed E-state index contributed by atoms with van der Waals surface area (Å²) >= 11 is 0. The summed E-state index contributed by atoms with van der Waals surface area (Å²) in [6.07, 6.45) is 35.4. The molecule has 0 aromatic heterocycles. The fraction of sp³-hybridized carbons (Fsp3) is 0.729. The van der Waals surface area contributed by atoms with Crippen molar-refractivity contribution >= 4 is 5.97 Å². The van der Waals surface area contributed by atoms with E-state index in [1.165, 1.54) is 54.4 Å². The van der Waals surface area contributed by atoms with Gasteiger partial charge in [-0.15, -0.1) is 0 Å². The Hall–Kier alpha value is -3.31. The maximum absolute atomic E-state index is 13.2. The summed E-state index contributed by atoms with van der Waals surface area (Å²) in [5.74, 6) is 7.42. The van der Waals surface area contributed by atoms with Crippen molar-refractivity contribution in [2.45, 2.75) is 264 Å². The highest BCUT2D eigenvalue weighted by Gasteiger charge is 2.56. The molecule has 1 aromatic carbocycles. The molecule has 7 unspecified atom stereocenters. The van der Waals surface area contributed by atoms with Gasteiger partial charge < -0.3 is 19.1 Å². The van der Waals surface area contributed by atoms with E-state index in [9.17, 15) is 4.79 Å². The number of carbonyl (C=O) groups excluding carboxylic acids is 1. The van der Waals surface area contributed by atoms with Gasteiger partial charge in [0.05, 0.1) is 5.76 Å². The number of benzene rings is 1. The Morgan fingerprint density at radius 1 is 0.747 bits per heavy atom. The second-order valence-corrected chi connectivity index (χ2v) is 26.7. The molecule has 3 fully saturated rings. The number of esters is 1. The molecule has 422 valence electrons. The largest absolute Gasteiger partial charge is 0.495 e. The average molecular weight is 1030 g/mol. The molecule has 0 bridgehead atoms. The van der Waals surface area contributed by atoms with E-state index < -0.39 is 0 Å².